The summed E-state index contributed by atoms with van der Waals surface area (Å²) >= 11 is 6.35. The summed E-state index contributed by atoms with van der Waals surface area (Å²) in [6.45, 7) is 0.294. The third kappa shape index (κ3) is 5.39. The number of aromatic nitrogens is 4. The van der Waals surface area contributed by atoms with E-state index >= 15 is 0 Å². The number of hydrogen-bond acceptors (Lipinski definition) is 6. The van der Waals surface area contributed by atoms with Crippen molar-refractivity contribution in [1.82, 2.24) is 19.9 Å². The minimum Gasteiger partial charge on any atom is -0.348 e. The molecule has 2 N–H and O–H groups in total. The number of nitrogens with one attached hydrogen (secondary N) is 2. The molecule has 198 valence electrons. The van der Waals surface area contributed by atoms with Gasteiger partial charge in [0.25, 0.3) is 0 Å². The van der Waals surface area contributed by atoms with Gasteiger partial charge in [-0.2, -0.15) is 0 Å². The van der Waals surface area contributed by atoms with Crippen LogP contribution in [0, 0.1) is 5.82 Å². The molecule has 1 aliphatic rings. The Bertz CT molecular complexity index is 1720. The van der Waals surface area contributed by atoms with E-state index in [-0.39, 0.29) is 11.6 Å². The molecule has 7 nitrogen and oxygen atoms in total. The lowest BCUT2D eigenvalue weighted by Gasteiger charge is -2.13. The summed E-state index contributed by atoms with van der Waals surface area (Å²) in [5.74, 6) is 0.132. The molecular formula is C31H24ClFN6O. The van der Waals surface area contributed by atoms with Gasteiger partial charge < -0.3 is 10.3 Å². The second kappa shape index (κ2) is 11.2. The smallest absolute Gasteiger partial charge is 0.227 e. The molecule has 3 aromatic carbocycles. The van der Waals surface area contributed by atoms with Crippen molar-refractivity contribution in [3.63, 3.8) is 0 Å². The predicted octanol–water partition coefficient (Wildman–Crippen LogP) is 6.96. The topological polar surface area (TPSA) is 95.9 Å². The maximum atomic E-state index is 14.8. The number of imidazole rings is 1. The maximum Gasteiger partial charge on any atom is 0.227 e. The van der Waals surface area contributed by atoms with Crippen LogP contribution in [-0.2, 0) is 13.0 Å². The largest absolute Gasteiger partial charge is 0.348 e. The molecule has 5 aromatic rings. The van der Waals surface area contributed by atoms with E-state index in [0.29, 0.717) is 52.0 Å². The van der Waals surface area contributed by atoms with E-state index in [2.05, 4.69) is 20.3 Å². The van der Waals surface area contributed by atoms with Gasteiger partial charge in [0.15, 0.2) is 5.78 Å². The fourth-order valence-electron chi connectivity index (χ4n) is 4.74. The number of halogens is 2. The molecule has 0 saturated carbocycles. The van der Waals surface area contributed by atoms with Crippen molar-refractivity contribution in [1.29, 1.82) is 0 Å². The molecule has 0 unspecified atom stereocenters. The van der Waals surface area contributed by atoms with Crippen LogP contribution in [0.2, 0.25) is 5.02 Å². The number of benzene rings is 3. The summed E-state index contributed by atoms with van der Waals surface area (Å²) in [6.07, 6.45) is 7.14. The Morgan fingerprint density at radius 3 is 2.65 bits per heavy atom. The highest BCUT2D eigenvalue weighted by Gasteiger charge is 2.23. The molecule has 2 aromatic heterocycles. The van der Waals surface area contributed by atoms with Crippen molar-refractivity contribution < 1.29 is 9.18 Å². The zero-order chi connectivity index (χ0) is 27.5. The normalized spacial score (nSPS) is 12.2. The van der Waals surface area contributed by atoms with Gasteiger partial charge in [-0.3, -0.25) is 9.79 Å². The summed E-state index contributed by atoms with van der Waals surface area (Å²) < 4.78 is 14.8. The second-order valence-electron chi connectivity index (χ2n) is 9.46. The van der Waals surface area contributed by atoms with Crippen molar-refractivity contribution in [2.75, 3.05) is 5.32 Å². The van der Waals surface area contributed by atoms with Crippen molar-refractivity contribution >= 4 is 34.7 Å². The van der Waals surface area contributed by atoms with Crippen LogP contribution in [0.15, 0.2) is 90.4 Å². The van der Waals surface area contributed by atoms with Gasteiger partial charge in [-0.1, -0.05) is 29.8 Å². The highest BCUT2D eigenvalue weighted by molar-refractivity contribution is 6.31. The van der Waals surface area contributed by atoms with Crippen LogP contribution >= 0.6 is 11.6 Å². The minimum atomic E-state index is -0.355. The first kappa shape index (κ1) is 25.6. The first-order valence-electron chi connectivity index (χ1n) is 12.9. The Morgan fingerprint density at radius 2 is 1.85 bits per heavy atom. The lowest BCUT2D eigenvalue weighted by Crippen LogP contribution is -2.07. The van der Waals surface area contributed by atoms with Gasteiger partial charge in [0.2, 0.25) is 5.95 Å². The van der Waals surface area contributed by atoms with Crippen molar-refractivity contribution in [3.05, 3.63) is 124 Å². The first-order valence-corrected chi connectivity index (χ1v) is 13.3. The van der Waals surface area contributed by atoms with Gasteiger partial charge in [-0.15, -0.1) is 0 Å². The molecule has 6 rings (SSSR count). The average Bonchev–Trinajstić information content (AvgIpc) is 3.43. The van der Waals surface area contributed by atoms with E-state index in [4.69, 9.17) is 21.6 Å². The third-order valence-electron chi connectivity index (χ3n) is 6.76. The Hall–Kier alpha value is -4.69. The van der Waals surface area contributed by atoms with E-state index in [0.717, 1.165) is 35.3 Å². The van der Waals surface area contributed by atoms with E-state index < -0.39 is 0 Å². The molecule has 0 saturated heterocycles. The summed E-state index contributed by atoms with van der Waals surface area (Å²) in [5.41, 5.74) is 6.36. The highest BCUT2D eigenvalue weighted by atomic mass is 35.5. The number of H-pyrrole nitrogens is 1. The number of carbonyl (C=O) groups excluding carboxylic acids is 1. The molecule has 0 fully saturated rings. The van der Waals surface area contributed by atoms with Gasteiger partial charge >= 0.3 is 0 Å². The van der Waals surface area contributed by atoms with Gasteiger partial charge in [-0.25, -0.2) is 19.3 Å². The van der Waals surface area contributed by atoms with Gasteiger partial charge in [0, 0.05) is 63.0 Å². The lowest BCUT2D eigenvalue weighted by atomic mass is 9.95. The summed E-state index contributed by atoms with van der Waals surface area (Å²) in [7, 11) is 0. The zero-order valence-electron chi connectivity index (χ0n) is 21.4. The summed E-state index contributed by atoms with van der Waals surface area (Å²) in [4.78, 5) is 33.7. The number of rotatable bonds is 8. The van der Waals surface area contributed by atoms with E-state index in [1.807, 2.05) is 18.2 Å². The quantitative estimate of drug-likeness (QED) is 0.204. The van der Waals surface area contributed by atoms with Crippen LogP contribution < -0.4 is 5.32 Å². The van der Waals surface area contributed by atoms with Crippen LogP contribution in [0.1, 0.15) is 45.6 Å². The average molecular weight is 551 g/mol. The first-order chi connectivity index (χ1) is 19.5. The van der Waals surface area contributed by atoms with Crippen molar-refractivity contribution in [3.8, 4) is 11.3 Å². The minimum absolute atomic E-state index is 0.0910. The van der Waals surface area contributed by atoms with Crippen LogP contribution in [-0.4, -0.2) is 31.4 Å². The molecule has 3 heterocycles. The van der Waals surface area contributed by atoms with E-state index in [1.165, 1.54) is 6.07 Å². The summed E-state index contributed by atoms with van der Waals surface area (Å²) in [6, 6.07) is 19.3. The number of carbonyl (C=O) groups is 1. The number of aryl methyl sites for hydroxylation is 1. The Morgan fingerprint density at radius 1 is 1.00 bits per heavy atom. The monoisotopic (exact) mass is 550 g/mol. The molecule has 0 bridgehead atoms. The number of ketones is 1. The molecule has 0 amide bonds. The number of hydrogen-bond donors (Lipinski definition) is 2. The lowest BCUT2D eigenvalue weighted by molar-refractivity contribution is 0.0980. The van der Waals surface area contributed by atoms with Gasteiger partial charge in [0.05, 0.1) is 24.3 Å². The number of fused-ring (bicyclic) bond motifs is 3. The van der Waals surface area contributed by atoms with Crippen LogP contribution in [0.3, 0.4) is 0 Å². The second-order valence-corrected chi connectivity index (χ2v) is 9.89. The van der Waals surface area contributed by atoms with Gasteiger partial charge in [-0.05, 0) is 61.4 Å². The third-order valence-corrected chi connectivity index (χ3v) is 7.00. The molecule has 9 heteroatoms. The Balaban J connectivity index is 1.22. The highest BCUT2D eigenvalue weighted by Crippen LogP contribution is 2.34. The SMILES string of the molecule is O=C(CCCc1cnc[nH]1)c1ccc(Nc2ncc3c(n2)-c2ccc(Cl)cc2C(c2ccccc2F)=NC3)cc1. The van der Waals surface area contributed by atoms with E-state index in [1.54, 1.807) is 61.2 Å². The number of aromatic amines is 1. The number of nitrogens with zero attached hydrogens (tertiary/aromatic N) is 4. The van der Waals surface area contributed by atoms with Crippen molar-refractivity contribution in [2.24, 2.45) is 4.99 Å². The predicted molar refractivity (Wildman–Crippen MR) is 154 cm³/mol. The fraction of sp³-hybridized carbons (Fsp3) is 0.129. The Labute approximate surface area is 235 Å². The number of aliphatic imine (C=N–C) groups is 1. The molecule has 40 heavy (non-hydrogen) atoms. The van der Waals surface area contributed by atoms with Gasteiger partial charge in [0.1, 0.15) is 5.82 Å². The molecule has 1 aliphatic heterocycles. The molecule has 0 radical (unpaired) electrons. The molecule has 0 atom stereocenters. The zero-order valence-corrected chi connectivity index (χ0v) is 22.1. The standard InChI is InChI=1S/C31H24ClFN6O/c32-21-10-13-24-26(14-21)30(25-5-1-2-6-27(25)33)35-15-20-16-36-31(39-29(20)24)38-22-11-8-19(9-12-22)28(40)7-3-4-23-17-34-18-37-23/h1-2,5-6,8-14,16-18H,3-4,7,15H2,(H,34,37)(H,36,38,39). The molecule has 0 spiro atoms. The fourth-order valence-corrected chi connectivity index (χ4v) is 4.91. The number of anilines is 2. The summed E-state index contributed by atoms with van der Waals surface area (Å²) in [5, 5.41) is 3.75. The Kier molecular flexibility index (Phi) is 7.16. The van der Waals surface area contributed by atoms with Crippen LogP contribution in [0.25, 0.3) is 11.3 Å². The molecule has 0 aliphatic carbocycles. The molecular weight excluding hydrogens is 527 g/mol. The number of Topliss-reactive ketones (excluding diaryl/α,β-unsaturated/α-hetero) is 1. The van der Waals surface area contributed by atoms with Crippen molar-refractivity contribution in [2.45, 2.75) is 25.8 Å². The van der Waals surface area contributed by atoms with Crippen LogP contribution in [0.5, 0.6) is 0 Å². The maximum absolute atomic E-state index is 14.8. The van der Waals surface area contributed by atoms with Crippen LogP contribution in [0.4, 0.5) is 16.0 Å². The van der Waals surface area contributed by atoms with E-state index in [9.17, 15) is 9.18 Å².